The Kier molecular flexibility index (Phi) is 4.81. The lowest BCUT2D eigenvalue weighted by Crippen LogP contribution is -2.48. The molecule has 1 heterocycles. The zero-order valence-electron chi connectivity index (χ0n) is 12.7. The molecule has 0 aromatic carbocycles. The topological polar surface area (TPSA) is 15.3 Å². The maximum Gasteiger partial charge on any atom is 0.0124 e. The lowest BCUT2D eigenvalue weighted by Gasteiger charge is -2.41. The van der Waals surface area contributed by atoms with Gasteiger partial charge in [0, 0.05) is 18.6 Å². The van der Waals surface area contributed by atoms with E-state index in [9.17, 15) is 0 Å². The van der Waals surface area contributed by atoms with Gasteiger partial charge in [0.2, 0.25) is 0 Å². The predicted octanol–water partition coefficient (Wildman–Crippen LogP) is 3.42. The van der Waals surface area contributed by atoms with Crippen molar-refractivity contribution in [3.63, 3.8) is 0 Å². The molecule has 2 saturated carbocycles. The lowest BCUT2D eigenvalue weighted by atomic mass is 9.88. The highest BCUT2D eigenvalue weighted by molar-refractivity contribution is 4.91. The average Bonchev–Trinajstić information content (AvgIpc) is 2.80. The average molecular weight is 264 g/mol. The van der Waals surface area contributed by atoms with Crippen LogP contribution in [0.2, 0.25) is 0 Å². The van der Waals surface area contributed by atoms with Crippen molar-refractivity contribution < 1.29 is 0 Å². The van der Waals surface area contributed by atoms with E-state index in [1.165, 1.54) is 77.3 Å². The summed E-state index contributed by atoms with van der Waals surface area (Å²) in [5.41, 5.74) is 0. The van der Waals surface area contributed by atoms with Gasteiger partial charge in [-0.15, -0.1) is 0 Å². The van der Waals surface area contributed by atoms with Crippen molar-refractivity contribution in [3.05, 3.63) is 0 Å². The fourth-order valence-corrected chi connectivity index (χ4v) is 5.07. The Labute approximate surface area is 119 Å². The standard InChI is InChI=1S/C17H32N2/c1-18-16-10-4-2-3-7-15(16)13-19-12-6-9-14-8-5-11-17(14)19/h14-18H,2-13H2,1H3. The summed E-state index contributed by atoms with van der Waals surface area (Å²) in [6.07, 6.45) is 14.7. The van der Waals surface area contributed by atoms with E-state index in [-0.39, 0.29) is 0 Å². The van der Waals surface area contributed by atoms with Crippen molar-refractivity contribution in [2.24, 2.45) is 11.8 Å². The van der Waals surface area contributed by atoms with E-state index >= 15 is 0 Å². The molecule has 3 fully saturated rings. The molecule has 0 aromatic rings. The van der Waals surface area contributed by atoms with Gasteiger partial charge in [0.25, 0.3) is 0 Å². The Hall–Kier alpha value is -0.0800. The summed E-state index contributed by atoms with van der Waals surface area (Å²) in [4.78, 5) is 2.89. The Balaban J connectivity index is 1.61. The maximum atomic E-state index is 3.62. The molecule has 19 heavy (non-hydrogen) atoms. The molecule has 0 aromatic heterocycles. The summed E-state index contributed by atoms with van der Waals surface area (Å²) >= 11 is 0. The highest BCUT2D eigenvalue weighted by Gasteiger charge is 2.36. The van der Waals surface area contributed by atoms with Crippen molar-refractivity contribution >= 4 is 0 Å². The molecular weight excluding hydrogens is 232 g/mol. The van der Waals surface area contributed by atoms with Crippen LogP contribution >= 0.6 is 0 Å². The van der Waals surface area contributed by atoms with Crippen LogP contribution in [0.4, 0.5) is 0 Å². The Bertz CT molecular complexity index is 278. The number of rotatable bonds is 3. The third-order valence-electron chi connectivity index (χ3n) is 6.11. The summed E-state index contributed by atoms with van der Waals surface area (Å²) < 4.78 is 0. The molecule has 4 atom stereocenters. The van der Waals surface area contributed by atoms with Crippen LogP contribution in [0.25, 0.3) is 0 Å². The van der Waals surface area contributed by atoms with Gasteiger partial charge < -0.3 is 5.32 Å². The third-order valence-corrected chi connectivity index (χ3v) is 6.11. The second kappa shape index (κ2) is 6.58. The first kappa shape index (κ1) is 13.9. The number of fused-ring (bicyclic) bond motifs is 1. The molecule has 3 rings (SSSR count). The predicted molar refractivity (Wildman–Crippen MR) is 81.4 cm³/mol. The summed E-state index contributed by atoms with van der Waals surface area (Å²) in [6, 6.07) is 1.73. The summed E-state index contributed by atoms with van der Waals surface area (Å²) in [7, 11) is 2.18. The minimum Gasteiger partial charge on any atom is -0.317 e. The van der Waals surface area contributed by atoms with Crippen LogP contribution in [0.15, 0.2) is 0 Å². The molecule has 4 unspecified atom stereocenters. The number of hydrogen-bond donors (Lipinski definition) is 1. The maximum absolute atomic E-state index is 3.62. The third kappa shape index (κ3) is 3.16. The van der Waals surface area contributed by atoms with Gasteiger partial charge in [-0.2, -0.15) is 0 Å². The number of hydrogen-bond acceptors (Lipinski definition) is 2. The molecular formula is C17H32N2. The fourth-order valence-electron chi connectivity index (χ4n) is 5.07. The highest BCUT2D eigenvalue weighted by atomic mass is 15.2. The molecule has 1 N–H and O–H groups in total. The van der Waals surface area contributed by atoms with Crippen molar-refractivity contribution in [1.29, 1.82) is 0 Å². The molecule has 110 valence electrons. The minimum atomic E-state index is 0.782. The Morgan fingerprint density at radius 3 is 2.63 bits per heavy atom. The zero-order valence-corrected chi connectivity index (χ0v) is 12.7. The van der Waals surface area contributed by atoms with E-state index in [2.05, 4.69) is 17.3 Å². The van der Waals surface area contributed by atoms with Crippen LogP contribution in [0.3, 0.4) is 0 Å². The molecule has 0 amide bonds. The summed E-state index contributed by atoms with van der Waals surface area (Å²) in [6.45, 7) is 2.76. The Morgan fingerprint density at radius 1 is 0.895 bits per heavy atom. The highest BCUT2D eigenvalue weighted by Crippen LogP contribution is 2.38. The van der Waals surface area contributed by atoms with Crippen LogP contribution in [-0.4, -0.2) is 37.1 Å². The van der Waals surface area contributed by atoms with Crippen LogP contribution in [-0.2, 0) is 0 Å². The number of piperidine rings is 1. The van der Waals surface area contributed by atoms with Gasteiger partial charge in [0.15, 0.2) is 0 Å². The van der Waals surface area contributed by atoms with Crippen molar-refractivity contribution in [3.8, 4) is 0 Å². The smallest absolute Gasteiger partial charge is 0.0124 e. The first-order chi connectivity index (χ1) is 9.38. The van der Waals surface area contributed by atoms with Crippen molar-refractivity contribution in [1.82, 2.24) is 10.2 Å². The Morgan fingerprint density at radius 2 is 1.74 bits per heavy atom. The van der Waals surface area contributed by atoms with Gasteiger partial charge in [-0.05, 0) is 64.0 Å². The van der Waals surface area contributed by atoms with Gasteiger partial charge in [-0.1, -0.05) is 25.7 Å². The first-order valence-electron chi connectivity index (χ1n) is 8.80. The summed E-state index contributed by atoms with van der Waals surface area (Å²) in [5.74, 6) is 1.96. The van der Waals surface area contributed by atoms with Crippen LogP contribution in [0.5, 0.6) is 0 Å². The van der Waals surface area contributed by atoms with Gasteiger partial charge >= 0.3 is 0 Å². The van der Waals surface area contributed by atoms with Gasteiger partial charge in [0.05, 0.1) is 0 Å². The van der Waals surface area contributed by atoms with Gasteiger partial charge in [-0.3, -0.25) is 4.90 Å². The molecule has 1 aliphatic heterocycles. The molecule has 2 heteroatoms. The second-order valence-corrected chi connectivity index (χ2v) is 7.19. The van der Waals surface area contributed by atoms with Crippen LogP contribution in [0, 0.1) is 11.8 Å². The number of likely N-dealkylation sites (tertiary alicyclic amines) is 1. The molecule has 2 aliphatic carbocycles. The normalized spacial score (nSPS) is 40.9. The molecule has 0 spiro atoms. The lowest BCUT2D eigenvalue weighted by molar-refractivity contribution is 0.0845. The molecule has 1 saturated heterocycles. The number of nitrogens with one attached hydrogen (secondary N) is 1. The van der Waals surface area contributed by atoms with E-state index in [1.54, 1.807) is 0 Å². The fraction of sp³-hybridized carbons (Fsp3) is 1.00. The molecule has 2 nitrogen and oxygen atoms in total. The van der Waals surface area contributed by atoms with E-state index in [4.69, 9.17) is 0 Å². The first-order valence-corrected chi connectivity index (χ1v) is 8.80. The van der Waals surface area contributed by atoms with Gasteiger partial charge in [0.1, 0.15) is 0 Å². The zero-order chi connectivity index (χ0) is 13.1. The molecule has 0 radical (unpaired) electrons. The summed E-state index contributed by atoms with van der Waals surface area (Å²) in [5, 5.41) is 3.62. The van der Waals surface area contributed by atoms with E-state index < -0.39 is 0 Å². The molecule has 0 bridgehead atoms. The van der Waals surface area contributed by atoms with E-state index in [1.807, 2.05) is 0 Å². The monoisotopic (exact) mass is 264 g/mol. The quantitative estimate of drug-likeness (QED) is 0.786. The van der Waals surface area contributed by atoms with Crippen LogP contribution < -0.4 is 5.32 Å². The van der Waals surface area contributed by atoms with Crippen molar-refractivity contribution in [2.75, 3.05) is 20.1 Å². The van der Waals surface area contributed by atoms with E-state index in [0.717, 1.165) is 23.9 Å². The SMILES string of the molecule is CNC1CCCCCC1CN1CCCC2CCCC21. The second-order valence-electron chi connectivity index (χ2n) is 7.19. The minimum absolute atomic E-state index is 0.782. The van der Waals surface area contributed by atoms with E-state index in [0.29, 0.717) is 0 Å². The largest absolute Gasteiger partial charge is 0.317 e. The van der Waals surface area contributed by atoms with Gasteiger partial charge in [-0.25, -0.2) is 0 Å². The molecule has 3 aliphatic rings. The van der Waals surface area contributed by atoms with Crippen LogP contribution in [0.1, 0.15) is 64.2 Å². The number of nitrogens with zero attached hydrogens (tertiary/aromatic N) is 1. The van der Waals surface area contributed by atoms with Crippen molar-refractivity contribution in [2.45, 2.75) is 76.3 Å².